The highest BCUT2D eigenvalue weighted by Crippen LogP contribution is 2.43. The smallest absolute Gasteiger partial charge is 0.147 e. The normalized spacial score (nSPS) is 26.2. The van der Waals surface area contributed by atoms with Crippen LogP contribution < -0.4 is 0 Å². The average molecular weight is 257 g/mol. The summed E-state index contributed by atoms with van der Waals surface area (Å²) in [5.74, 6) is 2.05. The number of rotatable bonds is 1. The molecule has 4 nitrogen and oxygen atoms in total. The molecule has 0 spiro atoms. The van der Waals surface area contributed by atoms with Crippen LogP contribution in [-0.2, 0) is 0 Å². The number of fused-ring (bicyclic) bond motifs is 1. The Balaban J connectivity index is 2.05. The van der Waals surface area contributed by atoms with Crippen molar-refractivity contribution < 1.29 is 5.11 Å². The number of nitrogens with zero attached hydrogens (tertiary/aromatic N) is 3. The van der Waals surface area contributed by atoms with Gasteiger partial charge in [0.25, 0.3) is 0 Å². The van der Waals surface area contributed by atoms with Crippen molar-refractivity contribution in [1.82, 2.24) is 14.8 Å². The van der Waals surface area contributed by atoms with E-state index in [-0.39, 0.29) is 6.04 Å². The standard InChI is InChI=1S/C15H19N3O/c1-9-8-14(18-11(3)16-10(2)17-18)15(19)13-7-5-4-6-12(9)13/h4-7,9,14-15,19H,8H2,1-3H3. The van der Waals surface area contributed by atoms with Crippen molar-refractivity contribution in [3.05, 3.63) is 47.0 Å². The van der Waals surface area contributed by atoms with Crippen LogP contribution in [0.15, 0.2) is 24.3 Å². The average Bonchev–Trinajstić information content (AvgIpc) is 2.73. The maximum atomic E-state index is 10.6. The molecule has 3 unspecified atom stereocenters. The van der Waals surface area contributed by atoms with Gasteiger partial charge in [-0.3, -0.25) is 0 Å². The minimum atomic E-state index is -0.507. The van der Waals surface area contributed by atoms with Crippen molar-refractivity contribution in [1.29, 1.82) is 0 Å². The first kappa shape index (κ1) is 12.4. The molecule has 0 saturated carbocycles. The number of benzene rings is 1. The molecule has 1 aromatic carbocycles. The minimum Gasteiger partial charge on any atom is -0.386 e. The van der Waals surface area contributed by atoms with E-state index in [1.807, 2.05) is 36.7 Å². The van der Waals surface area contributed by atoms with E-state index >= 15 is 0 Å². The van der Waals surface area contributed by atoms with Crippen LogP contribution in [0.1, 0.15) is 54.2 Å². The molecule has 0 bridgehead atoms. The lowest BCUT2D eigenvalue weighted by Gasteiger charge is -2.34. The van der Waals surface area contributed by atoms with Crippen LogP contribution in [0.4, 0.5) is 0 Å². The van der Waals surface area contributed by atoms with E-state index in [1.54, 1.807) is 0 Å². The molecular weight excluding hydrogens is 238 g/mol. The molecule has 1 N–H and O–H groups in total. The molecule has 4 heteroatoms. The summed E-state index contributed by atoms with van der Waals surface area (Å²) in [5.41, 5.74) is 2.28. The van der Waals surface area contributed by atoms with E-state index in [4.69, 9.17) is 0 Å². The Morgan fingerprint density at radius 2 is 1.89 bits per heavy atom. The van der Waals surface area contributed by atoms with Crippen molar-refractivity contribution in [2.75, 3.05) is 0 Å². The van der Waals surface area contributed by atoms with Crippen LogP contribution >= 0.6 is 0 Å². The molecule has 0 saturated heterocycles. The Kier molecular flexibility index (Phi) is 2.90. The van der Waals surface area contributed by atoms with E-state index in [1.165, 1.54) is 5.56 Å². The van der Waals surface area contributed by atoms with E-state index in [0.717, 1.165) is 23.6 Å². The van der Waals surface area contributed by atoms with Gasteiger partial charge in [-0.15, -0.1) is 0 Å². The molecule has 100 valence electrons. The van der Waals surface area contributed by atoms with Gasteiger partial charge in [0.05, 0.1) is 6.04 Å². The second-order valence-corrected chi connectivity index (χ2v) is 5.43. The summed E-state index contributed by atoms with van der Waals surface area (Å²) in [6.45, 7) is 6.03. The zero-order valence-corrected chi connectivity index (χ0v) is 11.5. The summed E-state index contributed by atoms with van der Waals surface area (Å²) in [6.07, 6.45) is 0.383. The highest BCUT2D eigenvalue weighted by atomic mass is 16.3. The van der Waals surface area contributed by atoms with Crippen LogP contribution in [0.25, 0.3) is 0 Å². The monoisotopic (exact) mass is 257 g/mol. The second kappa shape index (κ2) is 4.46. The molecule has 1 aromatic heterocycles. The van der Waals surface area contributed by atoms with Crippen LogP contribution in [0.5, 0.6) is 0 Å². The zero-order chi connectivity index (χ0) is 13.6. The van der Waals surface area contributed by atoms with Crippen molar-refractivity contribution in [2.45, 2.75) is 45.3 Å². The number of aliphatic hydroxyl groups is 1. The molecule has 1 aliphatic carbocycles. The molecule has 1 aliphatic rings. The fourth-order valence-corrected chi connectivity index (χ4v) is 3.14. The predicted octanol–water partition coefficient (Wildman–Crippen LogP) is 2.68. The topological polar surface area (TPSA) is 50.9 Å². The van der Waals surface area contributed by atoms with Crippen LogP contribution in [0.3, 0.4) is 0 Å². The maximum absolute atomic E-state index is 10.6. The van der Waals surface area contributed by atoms with Gasteiger partial charge in [-0.1, -0.05) is 31.2 Å². The van der Waals surface area contributed by atoms with Gasteiger partial charge < -0.3 is 5.11 Å². The molecule has 3 atom stereocenters. The Labute approximate surface area is 113 Å². The number of aromatic nitrogens is 3. The first-order valence-corrected chi connectivity index (χ1v) is 6.74. The molecule has 0 radical (unpaired) electrons. The van der Waals surface area contributed by atoms with Gasteiger partial charge in [-0.2, -0.15) is 5.10 Å². The number of hydrogen-bond donors (Lipinski definition) is 1. The Morgan fingerprint density at radius 3 is 2.53 bits per heavy atom. The highest BCUT2D eigenvalue weighted by molar-refractivity contribution is 5.35. The fourth-order valence-electron chi connectivity index (χ4n) is 3.14. The Morgan fingerprint density at radius 1 is 1.21 bits per heavy atom. The van der Waals surface area contributed by atoms with Crippen molar-refractivity contribution in [3.63, 3.8) is 0 Å². The van der Waals surface area contributed by atoms with Crippen molar-refractivity contribution in [2.24, 2.45) is 0 Å². The third-order valence-corrected chi connectivity index (χ3v) is 4.03. The van der Waals surface area contributed by atoms with Gasteiger partial charge >= 0.3 is 0 Å². The van der Waals surface area contributed by atoms with E-state index < -0.39 is 6.10 Å². The molecule has 2 aromatic rings. The third kappa shape index (κ3) is 1.96. The second-order valence-electron chi connectivity index (χ2n) is 5.43. The van der Waals surface area contributed by atoms with Gasteiger partial charge in [-0.25, -0.2) is 9.67 Å². The SMILES string of the molecule is Cc1nc(C)n(C2CC(C)c3ccccc3C2O)n1. The summed E-state index contributed by atoms with van der Waals surface area (Å²) < 4.78 is 1.88. The molecule has 19 heavy (non-hydrogen) atoms. The van der Waals surface area contributed by atoms with Gasteiger partial charge in [0.15, 0.2) is 0 Å². The molecule has 0 fully saturated rings. The van der Waals surface area contributed by atoms with E-state index in [0.29, 0.717) is 5.92 Å². The summed E-state index contributed by atoms with van der Waals surface area (Å²) in [6, 6.07) is 8.12. The van der Waals surface area contributed by atoms with Gasteiger partial charge in [0.2, 0.25) is 0 Å². The predicted molar refractivity (Wildman–Crippen MR) is 73.0 cm³/mol. The van der Waals surface area contributed by atoms with Crippen LogP contribution in [-0.4, -0.2) is 19.9 Å². The third-order valence-electron chi connectivity index (χ3n) is 4.03. The molecule has 0 amide bonds. The summed E-state index contributed by atoms with van der Waals surface area (Å²) in [7, 11) is 0. The van der Waals surface area contributed by atoms with Crippen molar-refractivity contribution >= 4 is 0 Å². The van der Waals surface area contributed by atoms with Gasteiger partial charge in [-0.05, 0) is 37.3 Å². The highest BCUT2D eigenvalue weighted by Gasteiger charge is 2.34. The quantitative estimate of drug-likeness (QED) is 0.854. The zero-order valence-electron chi connectivity index (χ0n) is 11.5. The number of aliphatic hydroxyl groups excluding tert-OH is 1. The number of aryl methyl sites for hydroxylation is 2. The first-order chi connectivity index (χ1) is 9.08. The molecule has 1 heterocycles. The lowest BCUT2D eigenvalue weighted by molar-refractivity contribution is 0.0849. The van der Waals surface area contributed by atoms with Gasteiger partial charge in [0.1, 0.15) is 17.8 Å². The summed E-state index contributed by atoms with van der Waals surface area (Å²) >= 11 is 0. The van der Waals surface area contributed by atoms with Crippen LogP contribution in [0.2, 0.25) is 0 Å². The summed E-state index contributed by atoms with van der Waals surface area (Å²) in [5, 5.41) is 15.1. The largest absolute Gasteiger partial charge is 0.386 e. The lowest BCUT2D eigenvalue weighted by Crippen LogP contribution is -2.27. The lowest BCUT2D eigenvalue weighted by atomic mass is 9.79. The fraction of sp³-hybridized carbons (Fsp3) is 0.467. The van der Waals surface area contributed by atoms with E-state index in [9.17, 15) is 5.11 Å². The van der Waals surface area contributed by atoms with Crippen LogP contribution in [0, 0.1) is 13.8 Å². The first-order valence-electron chi connectivity index (χ1n) is 6.74. The Bertz CT molecular complexity index is 605. The van der Waals surface area contributed by atoms with E-state index in [2.05, 4.69) is 23.1 Å². The minimum absolute atomic E-state index is 0.0221. The van der Waals surface area contributed by atoms with Gasteiger partial charge in [0, 0.05) is 0 Å². The van der Waals surface area contributed by atoms with Crippen molar-refractivity contribution in [3.8, 4) is 0 Å². The Hall–Kier alpha value is -1.68. The molecule has 0 aliphatic heterocycles. The maximum Gasteiger partial charge on any atom is 0.147 e. The molecular formula is C15H19N3O. The number of hydrogen-bond acceptors (Lipinski definition) is 3. The summed E-state index contributed by atoms with van der Waals surface area (Å²) in [4.78, 5) is 4.34. The molecule has 3 rings (SSSR count).